The van der Waals surface area contributed by atoms with E-state index in [1.54, 1.807) is 0 Å². The Morgan fingerprint density at radius 3 is 2.04 bits per heavy atom. The number of hydrogen-bond donors (Lipinski definition) is 2. The van der Waals surface area contributed by atoms with E-state index in [1.807, 2.05) is 0 Å². The van der Waals surface area contributed by atoms with Crippen molar-refractivity contribution < 1.29 is 39.9 Å². The lowest BCUT2D eigenvalue weighted by Crippen LogP contribution is -2.54. The molecule has 0 spiro atoms. The molecule has 0 aliphatic heterocycles. The van der Waals surface area contributed by atoms with E-state index in [0.717, 1.165) is 6.07 Å². The minimum Gasteiger partial charge on any atom is -0.395 e. The smallest absolute Gasteiger partial charge is 0.395 e. The molecule has 134 valence electrons. The fourth-order valence-electron chi connectivity index (χ4n) is 1.57. The molecule has 0 saturated carbocycles. The lowest BCUT2D eigenvalue weighted by atomic mass is 10.00. The molecular formula is C9H7BrClF6NO3S2. The summed E-state index contributed by atoms with van der Waals surface area (Å²) in [7, 11) is -4.74. The van der Waals surface area contributed by atoms with Crippen LogP contribution in [0.3, 0.4) is 0 Å². The number of nitrogens with one attached hydrogen (secondary N) is 1. The van der Waals surface area contributed by atoms with E-state index in [-0.39, 0.29) is 8.81 Å². The van der Waals surface area contributed by atoms with Crippen LogP contribution in [0.1, 0.15) is 0 Å². The second-order valence-corrected chi connectivity index (χ2v) is 8.61. The fourth-order valence-corrected chi connectivity index (χ4v) is 5.13. The molecule has 14 heteroatoms. The van der Waals surface area contributed by atoms with E-state index < -0.39 is 45.2 Å². The zero-order valence-corrected chi connectivity index (χ0v) is 14.5. The van der Waals surface area contributed by atoms with Gasteiger partial charge in [0.25, 0.3) is 0 Å². The van der Waals surface area contributed by atoms with Crippen LogP contribution in [0.5, 0.6) is 0 Å². The zero-order valence-electron chi connectivity index (χ0n) is 10.5. The van der Waals surface area contributed by atoms with Gasteiger partial charge < -0.3 is 5.11 Å². The summed E-state index contributed by atoms with van der Waals surface area (Å²) in [5.74, 6) is -4.06. The number of thiophene rings is 1. The predicted octanol–water partition coefficient (Wildman–Crippen LogP) is 3.54. The topological polar surface area (TPSA) is 66.4 Å². The fraction of sp³-hybridized carbons (Fsp3) is 0.556. The summed E-state index contributed by atoms with van der Waals surface area (Å²) >= 11 is 8.87. The Balaban J connectivity index is 3.20. The van der Waals surface area contributed by atoms with Gasteiger partial charge in [-0.1, -0.05) is 11.6 Å². The van der Waals surface area contributed by atoms with E-state index in [4.69, 9.17) is 16.7 Å². The molecule has 0 fully saturated rings. The van der Waals surface area contributed by atoms with Crippen molar-refractivity contribution in [2.24, 2.45) is 5.92 Å². The molecule has 23 heavy (non-hydrogen) atoms. The van der Waals surface area contributed by atoms with E-state index in [2.05, 4.69) is 15.9 Å². The van der Waals surface area contributed by atoms with Crippen molar-refractivity contribution in [3.05, 3.63) is 14.9 Å². The molecule has 0 radical (unpaired) electrons. The summed E-state index contributed by atoms with van der Waals surface area (Å²) in [4.78, 5) is 0. The summed E-state index contributed by atoms with van der Waals surface area (Å²) < 4.78 is 100. The molecule has 2 N–H and O–H groups in total. The van der Waals surface area contributed by atoms with E-state index in [9.17, 15) is 34.8 Å². The SMILES string of the molecule is O=S(=O)(NC(CO)C(C(F)(F)F)C(F)(F)F)c1cc(Br)c(Cl)s1. The highest BCUT2D eigenvalue weighted by Crippen LogP contribution is 2.42. The number of aliphatic hydroxyl groups excluding tert-OH is 1. The molecule has 0 aromatic carbocycles. The number of rotatable bonds is 5. The number of halogens is 8. The van der Waals surface area contributed by atoms with Crippen molar-refractivity contribution >= 4 is 48.9 Å². The van der Waals surface area contributed by atoms with Crippen LogP contribution in [-0.2, 0) is 10.0 Å². The van der Waals surface area contributed by atoms with Crippen LogP contribution in [0, 0.1) is 5.92 Å². The monoisotopic (exact) mass is 469 g/mol. The molecule has 1 rings (SSSR count). The van der Waals surface area contributed by atoms with Gasteiger partial charge in [-0.05, 0) is 22.0 Å². The van der Waals surface area contributed by atoms with Gasteiger partial charge in [-0.3, -0.25) is 0 Å². The molecular weight excluding hydrogens is 464 g/mol. The molecule has 1 aromatic heterocycles. The first-order chi connectivity index (χ1) is 10.2. The summed E-state index contributed by atoms with van der Waals surface area (Å²) in [6, 6.07) is -1.92. The van der Waals surface area contributed by atoms with Gasteiger partial charge in [-0.15, -0.1) is 11.3 Å². The second-order valence-electron chi connectivity index (χ2n) is 4.16. The molecule has 1 aromatic rings. The maximum absolute atomic E-state index is 12.6. The average molecular weight is 471 g/mol. The van der Waals surface area contributed by atoms with Gasteiger partial charge in [-0.2, -0.15) is 26.3 Å². The van der Waals surface area contributed by atoms with Crippen LogP contribution in [0.15, 0.2) is 14.7 Å². The minimum atomic E-state index is -5.80. The highest BCUT2D eigenvalue weighted by Gasteiger charge is 2.60. The number of aliphatic hydroxyl groups is 1. The van der Waals surface area contributed by atoms with Gasteiger partial charge in [0.2, 0.25) is 10.0 Å². The Bertz CT molecular complexity index is 626. The number of sulfonamides is 1. The van der Waals surface area contributed by atoms with Gasteiger partial charge in [0.05, 0.1) is 12.6 Å². The van der Waals surface area contributed by atoms with Gasteiger partial charge >= 0.3 is 12.4 Å². The zero-order chi connectivity index (χ0) is 18.2. The first kappa shape index (κ1) is 21.0. The Hall–Kier alpha value is -0.0800. The van der Waals surface area contributed by atoms with Gasteiger partial charge in [0.15, 0.2) is 5.92 Å². The van der Waals surface area contributed by atoms with Crippen molar-refractivity contribution in [2.45, 2.75) is 22.6 Å². The predicted molar refractivity (Wildman–Crippen MR) is 73.8 cm³/mol. The van der Waals surface area contributed by atoms with E-state index in [1.165, 1.54) is 4.72 Å². The van der Waals surface area contributed by atoms with Crippen LogP contribution in [0.4, 0.5) is 26.3 Å². The van der Waals surface area contributed by atoms with Crippen molar-refractivity contribution in [2.75, 3.05) is 6.61 Å². The number of hydrogen-bond acceptors (Lipinski definition) is 4. The maximum atomic E-state index is 12.6. The lowest BCUT2D eigenvalue weighted by molar-refractivity contribution is -0.292. The highest BCUT2D eigenvalue weighted by molar-refractivity contribution is 9.10. The van der Waals surface area contributed by atoms with Crippen LogP contribution in [0.25, 0.3) is 0 Å². The number of alkyl halides is 6. The van der Waals surface area contributed by atoms with Gasteiger partial charge in [0, 0.05) is 4.47 Å². The third kappa shape index (κ3) is 5.19. The van der Waals surface area contributed by atoms with Gasteiger partial charge in [-0.25, -0.2) is 13.1 Å². The largest absolute Gasteiger partial charge is 0.402 e. The Kier molecular flexibility index (Phi) is 6.41. The first-order valence-electron chi connectivity index (χ1n) is 5.41. The van der Waals surface area contributed by atoms with Crippen LogP contribution >= 0.6 is 38.9 Å². The van der Waals surface area contributed by atoms with Crippen LogP contribution in [0.2, 0.25) is 4.34 Å². The summed E-state index contributed by atoms with van der Waals surface area (Å²) in [5, 5.41) is 8.83. The lowest BCUT2D eigenvalue weighted by Gasteiger charge is -2.29. The molecule has 1 unspecified atom stereocenters. The quantitative estimate of drug-likeness (QED) is 0.647. The molecule has 0 aliphatic rings. The maximum Gasteiger partial charge on any atom is 0.402 e. The highest BCUT2D eigenvalue weighted by atomic mass is 79.9. The third-order valence-corrected chi connectivity index (χ3v) is 6.94. The second kappa shape index (κ2) is 7.04. The molecule has 0 amide bonds. The van der Waals surface area contributed by atoms with Crippen LogP contribution < -0.4 is 4.72 Å². The standard InChI is InChI=1S/C9H7BrClF6NO3S2/c10-3-1-5(22-7(3)11)23(20,21)18-4(2-19)6(8(12,13)14)9(15,16)17/h1,4,6,18-19H,2H2. The van der Waals surface area contributed by atoms with Crippen molar-refractivity contribution in [1.29, 1.82) is 0 Å². The van der Waals surface area contributed by atoms with Gasteiger partial charge in [0.1, 0.15) is 8.55 Å². The normalized spacial score (nSPS) is 15.2. The minimum absolute atomic E-state index is 0.0610. The Morgan fingerprint density at radius 1 is 1.26 bits per heavy atom. The summed E-state index contributed by atoms with van der Waals surface area (Å²) in [5.41, 5.74) is 0. The summed E-state index contributed by atoms with van der Waals surface area (Å²) in [6.45, 7) is -1.71. The molecule has 0 saturated heterocycles. The van der Waals surface area contributed by atoms with E-state index in [0.29, 0.717) is 11.3 Å². The first-order valence-corrected chi connectivity index (χ1v) is 8.88. The summed E-state index contributed by atoms with van der Waals surface area (Å²) in [6.07, 6.45) is -11.6. The van der Waals surface area contributed by atoms with Crippen molar-refractivity contribution in [3.63, 3.8) is 0 Å². The molecule has 0 bridgehead atoms. The molecule has 1 atom stereocenters. The third-order valence-electron chi connectivity index (χ3n) is 2.50. The Morgan fingerprint density at radius 2 is 1.74 bits per heavy atom. The molecule has 0 aliphatic carbocycles. The van der Waals surface area contributed by atoms with Crippen molar-refractivity contribution in [1.82, 2.24) is 4.72 Å². The van der Waals surface area contributed by atoms with Crippen molar-refractivity contribution in [3.8, 4) is 0 Å². The molecule has 4 nitrogen and oxygen atoms in total. The van der Waals surface area contributed by atoms with Crippen LogP contribution in [-0.4, -0.2) is 38.5 Å². The average Bonchev–Trinajstić information content (AvgIpc) is 2.65. The molecule has 1 heterocycles. The Labute approximate surface area is 143 Å². The van der Waals surface area contributed by atoms with E-state index >= 15 is 0 Å².